The van der Waals surface area contributed by atoms with Crippen LogP contribution in [0.1, 0.15) is 54.4 Å². The average Bonchev–Trinajstić information content (AvgIpc) is 2.90. The van der Waals surface area contributed by atoms with Gasteiger partial charge in [0.2, 0.25) is 0 Å². The Morgan fingerprint density at radius 2 is 1.84 bits per heavy atom. The molecule has 1 aromatic carbocycles. The van der Waals surface area contributed by atoms with Gasteiger partial charge in [0.05, 0.1) is 5.56 Å². The van der Waals surface area contributed by atoms with Crippen molar-refractivity contribution in [3.05, 3.63) is 59.5 Å². The van der Waals surface area contributed by atoms with E-state index in [-0.39, 0.29) is 17.8 Å². The summed E-state index contributed by atoms with van der Waals surface area (Å²) in [4.78, 5) is 17.1. The predicted molar refractivity (Wildman–Crippen MR) is 99.2 cm³/mol. The van der Waals surface area contributed by atoms with E-state index in [1.807, 2.05) is 6.07 Å². The molecule has 1 amide bonds. The van der Waals surface area contributed by atoms with E-state index in [9.17, 15) is 9.18 Å². The molecule has 0 spiro atoms. The van der Waals surface area contributed by atoms with Crippen molar-refractivity contribution < 1.29 is 9.18 Å². The third kappa shape index (κ3) is 5.30. The zero-order valence-corrected chi connectivity index (χ0v) is 15.0. The lowest BCUT2D eigenvalue weighted by Crippen LogP contribution is -2.34. The second-order valence-electron chi connectivity index (χ2n) is 6.43. The van der Waals surface area contributed by atoms with Gasteiger partial charge < -0.3 is 5.32 Å². The number of thioether (sulfide) groups is 1. The maximum Gasteiger partial charge on any atom is 0.254 e. The van der Waals surface area contributed by atoms with Crippen molar-refractivity contribution in [3.63, 3.8) is 0 Å². The number of nitrogens with zero attached hydrogens (tertiary/aromatic N) is 1. The van der Waals surface area contributed by atoms with Crippen LogP contribution in [0.2, 0.25) is 0 Å². The number of nitrogens with one attached hydrogen (secondary N) is 1. The van der Waals surface area contributed by atoms with E-state index in [2.05, 4.69) is 10.3 Å². The maximum absolute atomic E-state index is 13.0. The Bertz CT molecular complexity index is 697. The Morgan fingerprint density at radius 3 is 2.56 bits per heavy atom. The predicted octanol–water partition coefficient (Wildman–Crippen LogP) is 4.97. The zero-order chi connectivity index (χ0) is 17.5. The third-order valence-corrected chi connectivity index (χ3v) is 5.57. The highest BCUT2D eigenvalue weighted by atomic mass is 32.2. The summed E-state index contributed by atoms with van der Waals surface area (Å²) in [6.45, 7) is 0. The molecular weight excluding hydrogens is 335 g/mol. The number of pyridine rings is 1. The highest BCUT2D eigenvalue weighted by molar-refractivity contribution is 7.98. The largest absolute Gasteiger partial charge is 0.349 e. The average molecular weight is 358 g/mol. The van der Waals surface area contributed by atoms with Gasteiger partial charge >= 0.3 is 0 Å². The van der Waals surface area contributed by atoms with Gasteiger partial charge in [0, 0.05) is 18.0 Å². The van der Waals surface area contributed by atoms with E-state index >= 15 is 0 Å². The molecule has 132 valence electrons. The van der Waals surface area contributed by atoms with Crippen LogP contribution in [0.3, 0.4) is 0 Å². The fourth-order valence-electron chi connectivity index (χ4n) is 3.10. The van der Waals surface area contributed by atoms with E-state index in [0.29, 0.717) is 11.3 Å². The first-order valence-electron chi connectivity index (χ1n) is 8.85. The zero-order valence-electron chi connectivity index (χ0n) is 14.2. The number of hydrogen-bond donors (Lipinski definition) is 1. The Kier molecular flexibility index (Phi) is 6.45. The summed E-state index contributed by atoms with van der Waals surface area (Å²) in [7, 11) is 0. The molecular formula is C20H23FN2OS. The minimum Gasteiger partial charge on any atom is -0.349 e. The molecule has 0 saturated heterocycles. The Hall–Kier alpha value is -1.88. The first kappa shape index (κ1) is 17.9. The molecule has 1 N–H and O–H groups in total. The Morgan fingerprint density at radius 1 is 1.12 bits per heavy atom. The number of aromatic nitrogens is 1. The van der Waals surface area contributed by atoms with Crippen molar-refractivity contribution in [1.82, 2.24) is 10.3 Å². The van der Waals surface area contributed by atoms with Crippen LogP contribution in [0.25, 0.3) is 0 Å². The fourth-order valence-corrected chi connectivity index (χ4v) is 4.05. The first-order chi connectivity index (χ1) is 12.2. The van der Waals surface area contributed by atoms with Crippen molar-refractivity contribution >= 4 is 17.7 Å². The molecule has 1 aromatic heterocycles. The van der Waals surface area contributed by atoms with Crippen molar-refractivity contribution in [2.24, 2.45) is 0 Å². The first-order valence-corrected chi connectivity index (χ1v) is 9.84. The van der Waals surface area contributed by atoms with E-state index in [1.54, 1.807) is 24.4 Å². The second-order valence-corrected chi connectivity index (χ2v) is 7.40. The Labute approximate surface area is 152 Å². The molecule has 2 aromatic rings. The second kappa shape index (κ2) is 8.99. The standard InChI is InChI=1S/C20H23FN2OS/c21-16-11-9-15(10-12-16)14-25-20-18(8-5-13-22-20)19(24)23-17-6-3-1-2-4-7-17/h5,8-13,17H,1-4,6-7,14H2,(H,23,24). The number of amides is 1. The molecule has 1 fully saturated rings. The lowest BCUT2D eigenvalue weighted by molar-refractivity contribution is 0.0929. The van der Waals surface area contributed by atoms with E-state index in [1.165, 1.54) is 49.6 Å². The number of hydrogen-bond acceptors (Lipinski definition) is 3. The van der Waals surface area contributed by atoms with Gasteiger partial charge in [-0.3, -0.25) is 4.79 Å². The third-order valence-electron chi connectivity index (χ3n) is 4.49. The minimum atomic E-state index is -0.241. The Balaban J connectivity index is 1.65. The van der Waals surface area contributed by atoms with Gasteiger partial charge in [-0.15, -0.1) is 11.8 Å². The lowest BCUT2D eigenvalue weighted by Gasteiger charge is -2.17. The summed E-state index contributed by atoms with van der Waals surface area (Å²) in [5, 5.41) is 3.90. The SMILES string of the molecule is O=C(NC1CCCCCC1)c1cccnc1SCc1ccc(F)cc1. The molecule has 0 bridgehead atoms. The minimum absolute atomic E-state index is 0.0402. The highest BCUT2D eigenvalue weighted by Gasteiger charge is 2.18. The van der Waals surface area contributed by atoms with Crippen LogP contribution in [0.4, 0.5) is 4.39 Å². The monoisotopic (exact) mass is 358 g/mol. The van der Waals surface area contributed by atoms with Crippen LogP contribution in [0.15, 0.2) is 47.6 Å². The summed E-state index contributed by atoms with van der Waals surface area (Å²) in [6.07, 6.45) is 8.72. The van der Waals surface area contributed by atoms with Gasteiger partial charge in [0.15, 0.2) is 0 Å². The summed E-state index contributed by atoms with van der Waals surface area (Å²) < 4.78 is 13.0. The molecule has 1 saturated carbocycles. The van der Waals surface area contributed by atoms with Gasteiger partial charge in [-0.1, -0.05) is 37.8 Å². The number of halogens is 1. The normalized spacial score (nSPS) is 15.6. The molecule has 25 heavy (non-hydrogen) atoms. The summed E-state index contributed by atoms with van der Waals surface area (Å²) >= 11 is 1.51. The molecule has 0 unspecified atom stereocenters. The van der Waals surface area contributed by atoms with E-state index in [0.717, 1.165) is 23.4 Å². The number of carbonyl (C=O) groups excluding carboxylic acids is 1. The smallest absolute Gasteiger partial charge is 0.254 e. The van der Waals surface area contributed by atoms with Crippen LogP contribution in [0.5, 0.6) is 0 Å². The summed E-state index contributed by atoms with van der Waals surface area (Å²) in [5.41, 5.74) is 1.63. The topological polar surface area (TPSA) is 42.0 Å². The highest BCUT2D eigenvalue weighted by Crippen LogP contribution is 2.25. The van der Waals surface area contributed by atoms with E-state index < -0.39 is 0 Å². The number of carbonyl (C=O) groups is 1. The number of benzene rings is 1. The molecule has 1 heterocycles. The van der Waals surface area contributed by atoms with Gasteiger partial charge in [-0.25, -0.2) is 9.37 Å². The van der Waals surface area contributed by atoms with Gasteiger partial charge in [0.25, 0.3) is 5.91 Å². The quantitative estimate of drug-likeness (QED) is 0.606. The van der Waals surface area contributed by atoms with Crippen LogP contribution in [-0.2, 0) is 5.75 Å². The van der Waals surface area contributed by atoms with Gasteiger partial charge in [0.1, 0.15) is 10.8 Å². The lowest BCUT2D eigenvalue weighted by atomic mass is 10.1. The molecule has 3 nitrogen and oxygen atoms in total. The summed E-state index contributed by atoms with van der Waals surface area (Å²) in [6, 6.07) is 10.3. The molecule has 0 aliphatic heterocycles. The maximum atomic E-state index is 13.0. The van der Waals surface area contributed by atoms with Crippen molar-refractivity contribution in [2.45, 2.75) is 55.3 Å². The summed E-state index contributed by atoms with van der Waals surface area (Å²) in [5.74, 6) is 0.373. The number of rotatable bonds is 5. The van der Waals surface area contributed by atoms with Gasteiger partial charge in [-0.2, -0.15) is 0 Å². The van der Waals surface area contributed by atoms with Crippen molar-refractivity contribution in [3.8, 4) is 0 Å². The van der Waals surface area contributed by atoms with Crippen LogP contribution < -0.4 is 5.32 Å². The van der Waals surface area contributed by atoms with Crippen LogP contribution in [-0.4, -0.2) is 16.9 Å². The fraction of sp³-hybridized carbons (Fsp3) is 0.400. The van der Waals surface area contributed by atoms with Crippen molar-refractivity contribution in [1.29, 1.82) is 0 Å². The van der Waals surface area contributed by atoms with Crippen LogP contribution in [0, 0.1) is 5.82 Å². The molecule has 1 aliphatic rings. The van der Waals surface area contributed by atoms with Gasteiger partial charge in [-0.05, 0) is 42.7 Å². The molecule has 3 rings (SSSR count). The molecule has 5 heteroatoms. The van der Waals surface area contributed by atoms with E-state index in [4.69, 9.17) is 0 Å². The van der Waals surface area contributed by atoms with Crippen molar-refractivity contribution in [2.75, 3.05) is 0 Å². The molecule has 0 radical (unpaired) electrons. The molecule has 1 aliphatic carbocycles. The van der Waals surface area contributed by atoms with Crippen LogP contribution >= 0.6 is 11.8 Å². The molecule has 0 atom stereocenters.